The molecule has 0 spiro atoms. The van der Waals surface area contributed by atoms with Crippen LogP contribution in [-0.2, 0) is 13.1 Å². The van der Waals surface area contributed by atoms with E-state index in [1.165, 1.54) is 4.88 Å². The highest BCUT2D eigenvalue weighted by Crippen LogP contribution is 2.22. The van der Waals surface area contributed by atoms with Crippen LogP contribution in [0.3, 0.4) is 0 Å². The third kappa shape index (κ3) is 3.71. The van der Waals surface area contributed by atoms with Crippen LogP contribution in [0.2, 0.25) is 5.02 Å². The average molecular weight is 332 g/mol. The zero-order valence-corrected chi connectivity index (χ0v) is 12.2. The smallest absolute Gasteiger partial charge is 0.0701 e. The summed E-state index contributed by atoms with van der Waals surface area (Å²) in [7, 11) is 0. The van der Waals surface area contributed by atoms with Gasteiger partial charge < -0.3 is 11.1 Å². The molecule has 0 radical (unpaired) electrons. The molecule has 0 fully saturated rings. The van der Waals surface area contributed by atoms with Crippen LogP contribution >= 0.6 is 38.9 Å². The predicted molar refractivity (Wildman–Crippen MR) is 78.4 cm³/mol. The van der Waals surface area contributed by atoms with Crippen molar-refractivity contribution in [3.8, 4) is 0 Å². The van der Waals surface area contributed by atoms with Gasteiger partial charge in [0.15, 0.2) is 0 Å². The Balaban J connectivity index is 1.87. The van der Waals surface area contributed by atoms with Crippen molar-refractivity contribution in [3.63, 3.8) is 0 Å². The zero-order chi connectivity index (χ0) is 12.3. The van der Waals surface area contributed by atoms with E-state index in [0.717, 1.165) is 22.4 Å². The van der Waals surface area contributed by atoms with E-state index in [1.54, 1.807) is 11.3 Å². The molecule has 0 saturated carbocycles. The molecule has 1 heterocycles. The first-order chi connectivity index (χ1) is 8.15. The minimum absolute atomic E-state index is 0.614. The lowest BCUT2D eigenvalue weighted by Crippen LogP contribution is -2.11. The number of nitrogen functional groups attached to an aromatic ring is 1. The molecule has 0 aliphatic heterocycles. The van der Waals surface area contributed by atoms with Crippen molar-refractivity contribution in [2.75, 3.05) is 5.73 Å². The Morgan fingerprint density at radius 2 is 2.06 bits per heavy atom. The Morgan fingerprint density at radius 3 is 2.71 bits per heavy atom. The van der Waals surface area contributed by atoms with Crippen LogP contribution in [0.25, 0.3) is 0 Å². The highest BCUT2D eigenvalue weighted by atomic mass is 79.9. The first-order valence-electron chi connectivity index (χ1n) is 5.14. The number of halogens is 2. The van der Waals surface area contributed by atoms with E-state index < -0.39 is 0 Å². The second-order valence-corrected chi connectivity index (χ2v) is 6.62. The molecule has 0 aliphatic carbocycles. The number of benzene rings is 1. The molecule has 3 N–H and O–H groups in total. The summed E-state index contributed by atoms with van der Waals surface area (Å²) in [6, 6.07) is 9.88. The van der Waals surface area contributed by atoms with E-state index in [4.69, 9.17) is 17.3 Å². The molecule has 17 heavy (non-hydrogen) atoms. The Hall–Kier alpha value is -0.550. The van der Waals surface area contributed by atoms with Crippen LogP contribution in [0.5, 0.6) is 0 Å². The third-order valence-corrected chi connectivity index (χ3v) is 4.27. The number of hydrogen-bond acceptors (Lipinski definition) is 3. The van der Waals surface area contributed by atoms with Crippen molar-refractivity contribution >= 4 is 44.6 Å². The molecule has 1 aromatic heterocycles. The summed E-state index contributed by atoms with van der Waals surface area (Å²) in [5.74, 6) is 0. The largest absolute Gasteiger partial charge is 0.398 e. The van der Waals surface area contributed by atoms with E-state index in [-0.39, 0.29) is 0 Å². The monoisotopic (exact) mass is 330 g/mol. The van der Waals surface area contributed by atoms with Crippen LogP contribution in [0, 0.1) is 0 Å². The molecule has 0 aliphatic rings. The first-order valence-corrected chi connectivity index (χ1v) is 7.13. The summed E-state index contributed by atoms with van der Waals surface area (Å²) in [6.07, 6.45) is 0. The molecule has 1 aromatic carbocycles. The predicted octanol–water partition coefficient (Wildman–Crippen LogP) is 4.04. The van der Waals surface area contributed by atoms with Gasteiger partial charge in [0.1, 0.15) is 0 Å². The van der Waals surface area contributed by atoms with Gasteiger partial charge in [-0.2, -0.15) is 0 Å². The van der Waals surface area contributed by atoms with Crippen molar-refractivity contribution in [1.82, 2.24) is 5.32 Å². The lowest BCUT2D eigenvalue weighted by molar-refractivity contribution is 0.701. The standard InChI is InChI=1S/C12H12BrClN2S/c13-12-4-2-9(17-12)7-16-6-8-1-3-11(15)10(14)5-8/h1-5,16H,6-7,15H2. The molecular formula is C12H12BrClN2S. The lowest BCUT2D eigenvalue weighted by Gasteiger charge is -2.05. The molecule has 2 rings (SSSR count). The summed E-state index contributed by atoms with van der Waals surface area (Å²) in [5, 5.41) is 3.98. The van der Waals surface area contributed by atoms with E-state index in [1.807, 2.05) is 18.2 Å². The van der Waals surface area contributed by atoms with Crippen LogP contribution < -0.4 is 11.1 Å². The SMILES string of the molecule is Nc1ccc(CNCc2ccc(Br)s2)cc1Cl. The fourth-order valence-corrected chi connectivity index (χ4v) is 3.11. The van der Waals surface area contributed by atoms with Crippen molar-refractivity contribution in [2.24, 2.45) is 0 Å². The molecule has 0 saturated heterocycles. The average Bonchev–Trinajstić information content (AvgIpc) is 2.70. The first kappa shape index (κ1) is 12.9. The summed E-state index contributed by atoms with van der Waals surface area (Å²) in [6.45, 7) is 1.65. The van der Waals surface area contributed by atoms with E-state index >= 15 is 0 Å². The number of thiophene rings is 1. The maximum absolute atomic E-state index is 5.96. The van der Waals surface area contributed by atoms with Crippen LogP contribution in [0.15, 0.2) is 34.1 Å². The maximum Gasteiger partial charge on any atom is 0.0701 e. The summed E-state index contributed by atoms with van der Waals surface area (Å²) < 4.78 is 1.16. The van der Waals surface area contributed by atoms with Gasteiger partial charge in [-0.3, -0.25) is 0 Å². The normalized spacial score (nSPS) is 10.7. The van der Waals surface area contributed by atoms with Crippen LogP contribution in [0.1, 0.15) is 10.4 Å². The van der Waals surface area contributed by atoms with Gasteiger partial charge in [-0.05, 0) is 45.8 Å². The second kappa shape index (κ2) is 5.87. The van der Waals surface area contributed by atoms with Gasteiger partial charge >= 0.3 is 0 Å². The molecule has 0 amide bonds. The molecule has 0 bridgehead atoms. The molecule has 5 heteroatoms. The molecule has 90 valence electrons. The highest BCUT2D eigenvalue weighted by Gasteiger charge is 2.00. The van der Waals surface area contributed by atoms with Gasteiger partial charge in [0, 0.05) is 18.0 Å². The summed E-state index contributed by atoms with van der Waals surface area (Å²) >= 11 is 11.1. The van der Waals surface area contributed by atoms with Crippen molar-refractivity contribution in [2.45, 2.75) is 13.1 Å². The quantitative estimate of drug-likeness (QED) is 0.830. The Kier molecular flexibility index (Phi) is 4.45. The van der Waals surface area contributed by atoms with Gasteiger partial charge in [0.05, 0.1) is 14.5 Å². The van der Waals surface area contributed by atoms with E-state index in [9.17, 15) is 0 Å². The van der Waals surface area contributed by atoms with Crippen molar-refractivity contribution < 1.29 is 0 Å². The van der Waals surface area contributed by atoms with Crippen molar-refractivity contribution in [3.05, 3.63) is 49.6 Å². The minimum atomic E-state index is 0.614. The van der Waals surface area contributed by atoms with Crippen LogP contribution in [0.4, 0.5) is 5.69 Å². The van der Waals surface area contributed by atoms with Gasteiger partial charge in [0.2, 0.25) is 0 Å². The third-order valence-electron chi connectivity index (χ3n) is 2.32. The van der Waals surface area contributed by atoms with E-state index in [2.05, 4.69) is 33.4 Å². The molecule has 2 nitrogen and oxygen atoms in total. The lowest BCUT2D eigenvalue weighted by atomic mass is 10.2. The van der Waals surface area contributed by atoms with Crippen molar-refractivity contribution in [1.29, 1.82) is 0 Å². The topological polar surface area (TPSA) is 38.0 Å². The number of anilines is 1. The number of hydrogen-bond donors (Lipinski definition) is 2. The zero-order valence-electron chi connectivity index (χ0n) is 9.04. The molecule has 0 atom stereocenters. The van der Waals surface area contributed by atoms with Gasteiger partial charge in [-0.1, -0.05) is 17.7 Å². The van der Waals surface area contributed by atoms with Gasteiger partial charge in [-0.25, -0.2) is 0 Å². The maximum atomic E-state index is 5.96. The van der Waals surface area contributed by atoms with Gasteiger partial charge in [0.25, 0.3) is 0 Å². The molecule has 2 aromatic rings. The second-order valence-electron chi connectivity index (χ2n) is 3.67. The Labute approximate surface area is 118 Å². The fraction of sp³-hybridized carbons (Fsp3) is 0.167. The number of nitrogens with one attached hydrogen (secondary N) is 1. The molecule has 0 unspecified atom stereocenters. The number of nitrogens with two attached hydrogens (primary N) is 1. The number of rotatable bonds is 4. The minimum Gasteiger partial charge on any atom is -0.398 e. The Morgan fingerprint density at radius 1 is 1.24 bits per heavy atom. The van der Waals surface area contributed by atoms with Gasteiger partial charge in [-0.15, -0.1) is 11.3 Å². The Bertz CT molecular complexity index is 513. The summed E-state index contributed by atoms with van der Waals surface area (Å²) in [4.78, 5) is 1.30. The fourth-order valence-electron chi connectivity index (χ4n) is 1.46. The molecular weight excluding hydrogens is 320 g/mol. The summed E-state index contributed by atoms with van der Waals surface area (Å²) in [5.41, 5.74) is 7.42. The van der Waals surface area contributed by atoms with E-state index in [0.29, 0.717) is 10.7 Å². The highest BCUT2D eigenvalue weighted by molar-refractivity contribution is 9.11. The van der Waals surface area contributed by atoms with Crippen LogP contribution in [-0.4, -0.2) is 0 Å².